The Morgan fingerprint density at radius 3 is 1.46 bits per heavy atom. The molecular weight excluding hydrogens is 390 g/mol. The molecule has 3 aromatic rings. The third kappa shape index (κ3) is 5.61. The van der Waals surface area contributed by atoms with E-state index in [0.717, 1.165) is 11.1 Å². The van der Waals surface area contributed by atoms with Gasteiger partial charge in [-0.05, 0) is 50.2 Å². The van der Waals surface area contributed by atoms with Gasteiger partial charge in [0.15, 0.2) is 22.0 Å². The summed E-state index contributed by atoms with van der Waals surface area (Å²) < 4.78 is 32.6. The van der Waals surface area contributed by atoms with Gasteiger partial charge in [-0.25, -0.2) is 13.4 Å². The highest BCUT2D eigenvalue weighted by atomic mass is 32.2. The van der Waals surface area contributed by atoms with E-state index in [1.807, 2.05) is 38.1 Å². The smallest absolute Gasteiger partial charge is 0.172 e. The summed E-state index contributed by atoms with van der Waals surface area (Å²) in [7, 11) is -2.98. The molecule has 0 amide bonds. The summed E-state index contributed by atoms with van der Waals surface area (Å²) in [5.41, 5.74) is 3.29. The van der Waals surface area contributed by atoms with Crippen molar-refractivity contribution in [3.05, 3.63) is 89.2 Å². The minimum atomic E-state index is -1.49. The van der Waals surface area contributed by atoms with Gasteiger partial charge >= 0.3 is 0 Å². The first-order chi connectivity index (χ1) is 13.5. The maximum Gasteiger partial charge on any atom is 0.172 e. The SMILES string of the molecule is Cc1ccc(S(=O)/N=C/c2cccc(/C=N/S(=O)c3ccc(C)cc3)n2)cc1. The van der Waals surface area contributed by atoms with Crippen molar-refractivity contribution in [1.82, 2.24) is 4.98 Å². The number of nitrogens with zero attached hydrogens (tertiary/aromatic N) is 3. The molecule has 1 heterocycles. The topological polar surface area (TPSA) is 71.8 Å². The number of aromatic nitrogens is 1. The van der Waals surface area contributed by atoms with Crippen LogP contribution in [0.4, 0.5) is 0 Å². The zero-order valence-corrected chi connectivity index (χ0v) is 17.1. The van der Waals surface area contributed by atoms with Crippen LogP contribution in [0.25, 0.3) is 0 Å². The summed E-state index contributed by atoms with van der Waals surface area (Å²) in [4.78, 5) is 5.63. The second kappa shape index (κ2) is 9.43. The molecule has 0 aliphatic heterocycles. The maximum absolute atomic E-state index is 12.2. The van der Waals surface area contributed by atoms with Crippen LogP contribution in [-0.2, 0) is 22.0 Å². The molecule has 0 bridgehead atoms. The van der Waals surface area contributed by atoms with E-state index >= 15 is 0 Å². The Bertz CT molecular complexity index is 977. The fourth-order valence-corrected chi connectivity index (χ4v) is 3.64. The van der Waals surface area contributed by atoms with Gasteiger partial charge in [-0.2, -0.15) is 8.80 Å². The van der Waals surface area contributed by atoms with Crippen molar-refractivity contribution in [3.63, 3.8) is 0 Å². The number of pyridine rings is 1. The molecule has 2 atom stereocenters. The van der Waals surface area contributed by atoms with Crippen molar-refractivity contribution < 1.29 is 8.42 Å². The van der Waals surface area contributed by atoms with Crippen LogP contribution in [0, 0.1) is 13.8 Å². The number of rotatable bonds is 6. The van der Waals surface area contributed by atoms with E-state index in [-0.39, 0.29) is 0 Å². The number of hydrogen-bond acceptors (Lipinski definition) is 3. The highest BCUT2D eigenvalue weighted by molar-refractivity contribution is 7.84. The first-order valence-corrected chi connectivity index (χ1v) is 10.7. The molecule has 0 radical (unpaired) electrons. The minimum absolute atomic E-state index is 0.547. The third-order valence-corrected chi connectivity index (χ3v) is 5.74. The van der Waals surface area contributed by atoms with Crippen molar-refractivity contribution in [1.29, 1.82) is 0 Å². The summed E-state index contributed by atoms with van der Waals surface area (Å²) in [5, 5.41) is 0. The van der Waals surface area contributed by atoms with Crippen LogP contribution in [-0.4, -0.2) is 25.8 Å². The number of aryl methyl sites for hydroxylation is 2. The zero-order valence-electron chi connectivity index (χ0n) is 15.5. The van der Waals surface area contributed by atoms with Crippen molar-refractivity contribution in [3.8, 4) is 0 Å². The van der Waals surface area contributed by atoms with Crippen molar-refractivity contribution in [2.24, 2.45) is 8.80 Å². The van der Waals surface area contributed by atoms with Crippen molar-refractivity contribution >= 4 is 34.4 Å². The van der Waals surface area contributed by atoms with Gasteiger partial charge in [-0.15, -0.1) is 0 Å². The summed E-state index contributed by atoms with van der Waals surface area (Å²) in [5.74, 6) is 0. The van der Waals surface area contributed by atoms with Gasteiger partial charge in [0, 0.05) is 0 Å². The molecule has 0 fully saturated rings. The van der Waals surface area contributed by atoms with E-state index in [0.29, 0.717) is 21.2 Å². The average Bonchev–Trinajstić information content (AvgIpc) is 2.71. The Hall–Kier alpha value is -2.77. The van der Waals surface area contributed by atoms with E-state index in [4.69, 9.17) is 0 Å². The molecule has 1 aromatic heterocycles. The van der Waals surface area contributed by atoms with E-state index in [2.05, 4.69) is 13.8 Å². The second-order valence-electron chi connectivity index (χ2n) is 6.08. The van der Waals surface area contributed by atoms with Crippen LogP contribution in [0.5, 0.6) is 0 Å². The van der Waals surface area contributed by atoms with Gasteiger partial charge in [0.2, 0.25) is 0 Å². The Balaban J connectivity index is 1.69. The Morgan fingerprint density at radius 2 is 1.07 bits per heavy atom. The third-order valence-electron chi connectivity index (χ3n) is 3.80. The summed E-state index contributed by atoms with van der Waals surface area (Å²) >= 11 is 0. The van der Waals surface area contributed by atoms with Crippen LogP contribution in [0.2, 0.25) is 0 Å². The number of hydrogen-bond donors (Lipinski definition) is 0. The first kappa shape index (κ1) is 20.0. The molecule has 0 N–H and O–H groups in total. The Labute approximate surface area is 169 Å². The molecule has 2 aromatic carbocycles. The van der Waals surface area contributed by atoms with Crippen molar-refractivity contribution in [2.75, 3.05) is 0 Å². The number of benzene rings is 2. The van der Waals surface area contributed by atoms with Crippen LogP contribution in [0.3, 0.4) is 0 Å². The van der Waals surface area contributed by atoms with E-state index < -0.39 is 22.0 Å². The Morgan fingerprint density at radius 1 is 0.679 bits per heavy atom. The minimum Gasteiger partial charge on any atom is -0.246 e. The fourth-order valence-electron chi connectivity index (χ4n) is 2.25. The highest BCUT2D eigenvalue weighted by Crippen LogP contribution is 2.10. The van der Waals surface area contributed by atoms with Crippen LogP contribution < -0.4 is 0 Å². The molecule has 7 heteroatoms. The van der Waals surface area contributed by atoms with Crippen LogP contribution >= 0.6 is 0 Å². The summed E-state index contributed by atoms with van der Waals surface area (Å²) in [6.45, 7) is 3.94. The normalized spacial score (nSPS) is 13.8. The maximum atomic E-state index is 12.2. The van der Waals surface area contributed by atoms with E-state index in [9.17, 15) is 8.42 Å². The largest absolute Gasteiger partial charge is 0.246 e. The molecule has 142 valence electrons. The Kier molecular flexibility index (Phi) is 6.73. The van der Waals surface area contributed by atoms with Gasteiger partial charge < -0.3 is 0 Å². The average molecular weight is 410 g/mol. The predicted octanol–water partition coefficient (Wildman–Crippen LogP) is 3.98. The van der Waals surface area contributed by atoms with Gasteiger partial charge in [-0.1, -0.05) is 41.5 Å². The monoisotopic (exact) mass is 409 g/mol. The quantitative estimate of drug-likeness (QED) is 0.578. The van der Waals surface area contributed by atoms with E-state index in [1.165, 1.54) is 12.4 Å². The molecule has 0 spiro atoms. The van der Waals surface area contributed by atoms with Gasteiger partial charge in [-0.3, -0.25) is 0 Å². The molecule has 0 saturated carbocycles. The second-order valence-corrected chi connectivity index (χ2v) is 8.44. The molecule has 28 heavy (non-hydrogen) atoms. The molecule has 3 rings (SSSR count). The molecule has 0 aliphatic carbocycles. The molecule has 0 saturated heterocycles. The standard InChI is InChI=1S/C21H19N3O2S2/c1-16-6-10-20(11-7-16)27(25)22-14-18-4-3-5-19(24-18)15-23-28(26)21-12-8-17(2)9-13-21/h3-15H,1-2H3/b22-14+,23-15+. The molecule has 0 aliphatic rings. The highest BCUT2D eigenvalue weighted by Gasteiger charge is 2.02. The van der Waals surface area contributed by atoms with Crippen molar-refractivity contribution in [2.45, 2.75) is 23.6 Å². The molecule has 2 unspecified atom stereocenters. The van der Waals surface area contributed by atoms with Crippen LogP contribution in [0.1, 0.15) is 22.5 Å². The van der Waals surface area contributed by atoms with Gasteiger partial charge in [0.05, 0.1) is 33.6 Å². The van der Waals surface area contributed by atoms with Gasteiger partial charge in [0.25, 0.3) is 0 Å². The summed E-state index contributed by atoms with van der Waals surface area (Å²) in [6, 6.07) is 20.0. The zero-order chi connectivity index (χ0) is 19.9. The fraction of sp³-hybridized carbons (Fsp3) is 0.0952. The lowest BCUT2D eigenvalue weighted by Crippen LogP contribution is -1.96. The lowest BCUT2D eigenvalue weighted by atomic mass is 10.2. The lowest BCUT2D eigenvalue weighted by Gasteiger charge is -1.99. The molecular formula is C21H19N3O2S2. The lowest BCUT2D eigenvalue weighted by molar-refractivity contribution is 0.683. The van der Waals surface area contributed by atoms with Crippen LogP contribution in [0.15, 0.2) is 85.3 Å². The molecule has 5 nitrogen and oxygen atoms in total. The van der Waals surface area contributed by atoms with Gasteiger partial charge in [0.1, 0.15) is 0 Å². The van der Waals surface area contributed by atoms with E-state index in [1.54, 1.807) is 42.5 Å². The first-order valence-electron chi connectivity index (χ1n) is 8.53. The summed E-state index contributed by atoms with van der Waals surface area (Å²) in [6.07, 6.45) is 2.93. The predicted molar refractivity (Wildman–Crippen MR) is 115 cm³/mol.